The second kappa shape index (κ2) is 4.19. The van der Waals surface area contributed by atoms with Crippen LogP contribution < -0.4 is 0 Å². The Morgan fingerprint density at radius 2 is 2.00 bits per heavy atom. The van der Waals surface area contributed by atoms with Crippen molar-refractivity contribution >= 4 is 23.2 Å². The molecular weight excluding hydrogens is 206 g/mol. The zero-order chi connectivity index (χ0) is 10.7. The summed E-state index contributed by atoms with van der Waals surface area (Å²) in [5, 5.41) is 17.3. The second-order valence-corrected chi connectivity index (χ2v) is 3.85. The van der Waals surface area contributed by atoms with Gasteiger partial charge in [0.2, 0.25) is 0 Å². The van der Waals surface area contributed by atoms with Crippen molar-refractivity contribution < 1.29 is 19.8 Å². The summed E-state index contributed by atoms with van der Waals surface area (Å²) < 4.78 is 0.971. The van der Waals surface area contributed by atoms with E-state index < -0.39 is 5.37 Å². The van der Waals surface area contributed by atoms with Crippen LogP contribution in [0.15, 0.2) is 12.1 Å². The quantitative estimate of drug-likeness (QED) is 0.731. The van der Waals surface area contributed by atoms with Gasteiger partial charge in [-0.15, -0.1) is 0 Å². The first-order valence-electron chi connectivity index (χ1n) is 3.78. The predicted molar refractivity (Wildman–Crippen MR) is 51.1 cm³/mol. The second-order valence-electron chi connectivity index (χ2n) is 2.56. The van der Waals surface area contributed by atoms with Crippen LogP contribution in [-0.2, 0) is 9.59 Å². The van der Waals surface area contributed by atoms with Crippen molar-refractivity contribution in [3.63, 3.8) is 0 Å². The molecule has 0 radical (unpaired) electrons. The van der Waals surface area contributed by atoms with Crippen LogP contribution >= 0.6 is 11.8 Å². The summed E-state index contributed by atoms with van der Waals surface area (Å²) >= 11 is 0.722. The molecule has 1 unspecified atom stereocenters. The van der Waals surface area contributed by atoms with Crippen molar-refractivity contribution in [3.05, 3.63) is 12.1 Å². The predicted octanol–water partition coefficient (Wildman–Crippen LogP) is 0.876. The standard InChI is InChI=1S/C8H9NO4S/c1-5(11)14-8(4-10)9-6(12)2-3-7(9)13/h2-4,8,12-13H,1H3. The molecule has 0 aliphatic heterocycles. The Morgan fingerprint density at radius 1 is 1.50 bits per heavy atom. The van der Waals surface area contributed by atoms with E-state index in [1.807, 2.05) is 0 Å². The molecule has 76 valence electrons. The first-order chi connectivity index (χ1) is 6.56. The SMILES string of the molecule is CC(=O)SC(C=O)n1c(O)ccc1O. The highest BCUT2D eigenvalue weighted by Crippen LogP contribution is 2.32. The fraction of sp³-hybridized carbons (Fsp3) is 0.250. The summed E-state index contributed by atoms with van der Waals surface area (Å²) in [6.07, 6.45) is 0.478. The number of hydrogen-bond acceptors (Lipinski definition) is 5. The van der Waals surface area contributed by atoms with Gasteiger partial charge < -0.3 is 15.0 Å². The Morgan fingerprint density at radius 3 is 2.36 bits per heavy atom. The third kappa shape index (κ3) is 2.08. The van der Waals surface area contributed by atoms with E-state index in [-0.39, 0.29) is 16.9 Å². The molecule has 6 heteroatoms. The molecule has 0 bridgehead atoms. The number of nitrogens with zero attached hydrogens (tertiary/aromatic N) is 1. The van der Waals surface area contributed by atoms with Crippen molar-refractivity contribution in [3.8, 4) is 11.8 Å². The van der Waals surface area contributed by atoms with E-state index in [1.54, 1.807) is 0 Å². The molecule has 1 atom stereocenters. The Balaban J connectivity index is 2.99. The molecule has 0 amide bonds. The van der Waals surface area contributed by atoms with Gasteiger partial charge in [0.15, 0.2) is 23.2 Å². The number of hydrogen-bond donors (Lipinski definition) is 2. The van der Waals surface area contributed by atoms with Crippen molar-refractivity contribution in [2.24, 2.45) is 0 Å². The lowest BCUT2D eigenvalue weighted by atomic mass is 10.6. The lowest BCUT2D eigenvalue weighted by Gasteiger charge is -2.11. The molecule has 1 rings (SSSR count). The molecule has 0 saturated heterocycles. The van der Waals surface area contributed by atoms with Gasteiger partial charge in [0.1, 0.15) is 5.37 Å². The average molecular weight is 215 g/mol. The van der Waals surface area contributed by atoms with E-state index in [4.69, 9.17) is 0 Å². The molecule has 14 heavy (non-hydrogen) atoms. The van der Waals surface area contributed by atoms with Gasteiger partial charge in [-0.2, -0.15) is 0 Å². The maximum atomic E-state index is 10.8. The number of carbonyl (C=O) groups is 2. The largest absolute Gasteiger partial charge is 0.494 e. The molecule has 0 saturated carbocycles. The molecule has 0 aliphatic carbocycles. The normalized spacial score (nSPS) is 12.4. The Labute approximate surface area is 84.3 Å². The maximum absolute atomic E-state index is 10.8. The van der Waals surface area contributed by atoms with Gasteiger partial charge in [-0.3, -0.25) is 9.36 Å². The van der Waals surface area contributed by atoms with Crippen LogP contribution in [0.3, 0.4) is 0 Å². The van der Waals surface area contributed by atoms with Crippen LogP contribution in [0, 0.1) is 0 Å². The van der Waals surface area contributed by atoms with Gasteiger partial charge >= 0.3 is 0 Å². The highest BCUT2D eigenvalue weighted by molar-refractivity contribution is 8.14. The third-order valence-electron chi connectivity index (χ3n) is 1.53. The fourth-order valence-electron chi connectivity index (χ4n) is 0.999. The first kappa shape index (κ1) is 10.6. The van der Waals surface area contributed by atoms with Crippen LogP contribution in [-0.4, -0.2) is 26.2 Å². The van der Waals surface area contributed by atoms with Crippen molar-refractivity contribution in [2.45, 2.75) is 12.3 Å². The molecule has 1 heterocycles. The summed E-state index contributed by atoms with van der Waals surface area (Å²) in [6.45, 7) is 1.30. The molecule has 1 aromatic heterocycles. The van der Waals surface area contributed by atoms with Crippen LogP contribution in [0.2, 0.25) is 0 Å². The summed E-state index contributed by atoms with van der Waals surface area (Å²) in [4.78, 5) is 21.4. The summed E-state index contributed by atoms with van der Waals surface area (Å²) in [6, 6.07) is 2.49. The Bertz CT molecular complexity index is 341. The number of aromatic hydroxyl groups is 2. The Kier molecular flexibility index (Phi) is 3.19. The minimum atomic E-state index is -0.928. The molecule has 0 fully saturated rings. The molecule has 5 nitrogen and oxygen atoms in total. The summed E-state index contributed by atoms with van der Waals surface area (Å²) in [5.74, 6) is -0.512. The average Bonchev–Trinajstić information content (AvgIpc) is 2.43. The Hall–Kier alpha value is -1.43. The van der Waals surface area contributed by atoms with E-state index in [9.17, 15) is 19.8 Å². The van der Waals surface area contributed by atoms with E-state index >= 15 is 0 Å². The molecule has 2 N–H and O–H groups in total. The smallest absolute Gasteiger partial charge is 0.195 e. The van der Waals surface area contributed by atoms with E-state index in [0.29, 0.717) is 6.29 Å². The minimum absolute atomic E-state index is 0.256. The molecule has 0 aliphatic rings. The third-order valence-corrected chi connectivity index (χ3v) is 2.43. The van der Waals surface area contributed by atoms with Crippen LogP contribution in [0.25, 0.3) is 0 Å². The van der Waals surface area contributed by atoms with Gasteiger partial charge in [0.05, 0.1) is 0 Å². The molecule has 0 spiro atoms. The van der Waals surface area contributed by atoms with Crippen molar-refractivity contribution in [1.29, 1.82) is 0 Å². The molecule has 0 aromatic carbocycles. The highest BCUT2D eigenvalue weighted by Gasteiger charge is 2.18. The maximum Gasteiger partial charge on any atom is 0.195 e. The van der Waals surface area contributed by atoms with Gasteiger partial charge in [-0.25, -0.2) is 0 Å². The van der Waals surface area contributed by atoms with Gasteiger partial charge in [0, 0.05) is 19.1 Å². The zero-order valence-corrected chi connectivity index (χ0v) is 8.19. The zero-order valence-electron chi connectivity index (χ0n) is 7.38. The number of rotatable bonds is 3. The van der Waals surface area contributed by atoms with Crippen molar-refractivity contribution in [1.82, 2.24) is 4.57 Å². The topological polar surface area (TPSA) is 79.5 Å². The summed E-state index contributed by atoms with van der Waals surface area (Å²) in [7, 11) is 0. The van der Waals surface area contributed by atoms with Crippen molar-refractivity contribution in [2.75, 3.05) is 0 Å². The minimum Gasteiger partial charge on any atom is -0.494 e. The van der Waals surface area contributed by atoms with Crippen LogP contribution in [0.1, 0.15) is 12.3 Å². The fourth-order valence-corrected chi connectivity index (χ4v) is 1.72. The van der Waals surface area contributed by atoms with E-state index in [0.717, 1.165) is 16.3 Å². The first-order valence-corrected chi connectivity index (χ1v) is 4.66. The van der Waals surface area contributed by atoms with Gasteiger partial charge in [-0.05, 0) is 0 Å². The number of carbonyl (C=O) groups excluding carboxylic acids is 2. The van der Waals surface area contributed by atoms with Crippen LogP contribution in [0.5, 0.6) is 11.8 Å². The van der Waals surface area contributed by atoms with Gasteiger partial charge in [0.25, 0.3) is 0 Å². The highest BCUT2D eigenvalue weighted by atomic mass is 32.2. The lowest BCUT2D eigenvalue weighted by Crippen LogP contribution is -2.07. The molecule has 1 aromatic rings. The number of aromatic nitrogens is 1. The van der Waals surface area contributed by atoms with E-state index in [2.05, 4.69) is 0 Å². The summed E-state index contributed by atoms with van der Waals surface area (Å²) in [5.41, 5.74) is 0. The van der Waals surface area contributed by atoms with Crippen LogP contribution in [0.4, 0.5) is 0 Å². The number of thioether (sulfide) groups is 1. The lowest BCUT2D eigenvalue weighted by molar-refractivity contribution is -0.111. The van der Waals surface area contributed by atoms with E-state index in [1.165, 1.54) is 19.1 Å². The number of aldehydes is 1. The van der Waals surface area contributed by atoms with Gasteiger partial charge in [-0.1, -0.05) is 11.8 Å². The monoisotopic (exact) mass is 215 g/mol. The molecular formula is C8H9NO4S.